The van der Waals surface area contributed by atoms with Gasteiger partial charge in [0, 0.05) is 28.6 Å². The van der Waals surface area contributed by atoms with Gasteiger partial charge in [0.2, 0.25) is 5.13 Å². The van der Waals surface area contributed by atoms with Gasteiger partial charge >= 0.3 is 0 Å². The summed E-state index contributed by atoms with van der Waals surface area (Å²) in [5.41, 5.74) is 5.11. The van der Waals surface area contributed by atoms with E-state index in [0.29, 0.717) is 21.3 Å². The molecule has 3 aromatic rings. The number of aromatic nitrogens is 1. The number of hydrogen-bond acceptors (Lipinski definition) is 6. The van der Waals surface area contributed by atoms with Crippen LogP contribution in [0.4, 0.5) is 5.13 Å². The minimum absolute atomic E-state index is 0.336. The Hall–Kier alpha value is -2.74. The lowest BCUT2D eigenvalue weighted by molar-refractivity contribution is 0.0537. The molecule has 0 aliphatic heterocycles. The molecule has 0 saturated heterocycles. The number of halogens is 1. The van der Waals surface area contributed by atoms with Crippen molar-refractivity contribution in [2.45, 2.75) is 0 Å². The van der Waals surface area contributed by atoms with E-state index in [-0.39, 0.29) is 5.91 Å². The van der Waals surface area contributed by atoms with Crippen LogP contribution in [0.2, 0.25) is 5.02 Å². The molecule has 1 N–H and O–H groups in total. The van der Waals surface area contributed by atoms with E-state index in [1.54, 1.807) is 36.5 Å². The average molecular weight is 401 g/mol. The Morgan fingerprint density at radius 2 is 2.00 bits per heavy atom. The molecular weight excluding hydrogens is 384 g/mol. The van der Waals surface area contributed by atoms with Crippen molar-refractivity contribution in [3.8, 4) is 11.3 Å². The molecule has 0 fully saturated rings. The van der Waals surface area contributed by atoms with Crippen LogP contribution in [0.5, 0.6) is 0 Å². The second-order valence-corrected chi connectivity index (χ2v) is 6.73. The SMILES string of the molecule is CONC(=O)c1ccccc1C=NN(C)c1nc(-c2ccccc2Cl)cs1. The Bertz CT molecular complexity index is 974. The summed E-state index contributed by atoms with van der Waals surface area (Å²) >= 11 is 7.69. The zero-order valence-electron chi connectivity index (χ0n) is 14.7. The van der Waals surface area contributed by atoms with Gasteiger partial charge in [-0.05, 0) is 12.1 Å². The fourth-order valence-electron chi connectivity index (χ4n) is 2.37. The Labute approximate surface area is 166 Å². The van der Waals surface area contributed by atoms with Crippen molar-refractivity contribution < 1.29 is 9.63 Å². The van der Waals surface area contributed by atoms with E-state index in [2.05, 4.69) is 20.4 Å². The molecule has 1 heterocycles. The highest BCUT2D eigenvalue weighted by Gasteiger charge is 2.11. The number of hydrazone groups is 1. The third kappa shape index (κ3) is 4.51. The summed E-state index contributed by atoms with van der Waals surface area (Å²) in [6.45, 7) is 0. The van der Waals surface area contributed by atoms with Gasteiger partial charge in [0.05, 0.1) is 24.6 Å². The molecule has 2 aromatic carbocycles. The number of nitrogens with one attached hydrogen (secondary N) is 1. The standard InChI is InChI=1S/C19H17ClN4O2S/c1-24(19-22-17(12-27-19)15-9-5-6-10-16(15)20)21-11-13-7-3-4-8-14(13)18(25)23-26-2/h3-12H,1-2H3,(H,23,25). The van der Waals surface area contributed by atoms with E-state index in [1.807, 2.05) is 35.7 Å². The molecule has 27 heavy (non-hydrogen) atoms. The molecule has 0 radical (unpaired) electrons. The second kappa shape index (κ2) is 8.77. The maximum Gasteiger partial charge on any atom is 0.275 e. The predicted molar refractivity (Wildman–Crippen MR) is 109 cm³/mol. The number of thiazole rings is 1. The monoisotopic (exact) mass is 400 g/mol. The molecule has 138 valence electrons. The maximum absolute atomic E-state index is 12.0. The Morgan fingerprint density at radius 1 is 1.26 bits per heavy atom. The quantitative estimate of drug-likeness (QED) is 0.496. The molecular formula is C19H17ClN4O2S. The van der Waals surface area contributed by atoms with Crippen molar-refractivity contribution >= 4 is 40.2 Å². The van der Waals surface area contributed by atoms with Gasteiger partial charge in [0.15, 0.2) is 0 Å². The average Bonchev–Trinajstić information content (AvgIpc) is 3.17. The lowest BCUT2D eigenvalue weighted by Crippen LogP contribution is -2.23. The van der Waals surface area contributed by atoms with Crippen LogP contribution in [-0.4, -0.2) is 31.3 Å². The van der Waals surface area contributed by atoms with Gasteiger partial charge in [-0.1, -0.05) is 48.0 Å². The number of anilines is 1. The number of hydrogen-bond donors (Lipinski definition) is 1. The van der Waals surface area contributed by atoms with E-state index < -0.39 is 0 Å². The van der Waals surface area contributed by atoms with Crippen LogP contribution < -0.4 is 10.5 Å². The van der Waals surface area contributed by atoms with Crippen LogP contribution in [-0.2, 0) is 4.84 Å². The first-order valence-electron chi connectivity index (χ1n) is 8.00. The van der Waals surface area contributed by atoms with Crippen molar-refractivity contribution in [1.29, 1.82) is 0 Å². The highest BCUT2D eigenvalue weighted by molar-refractivity contribution is 7.14. The van der Waals surface area contributed by atoms with Gasteiger partial charge in [0.1, 0.15) is 0 Å². The van der Waals surface area contributed by atoms with Crippen molar-refractivity contribution in [1.82, 2.24) is 10.5 Å². The zero-order valence-corrected chi connectivity index (χ0v) is 16.3. The number of nitrogens with zero attached hydrogens (tertiary/aromatic N) is 3. The Balaban J connectivity index is 1.80. The normalized spacial score (nSPS) is 10.9. The number of hydroxylamine groups is 1. The number of amides is 1. The number of rotatable bonds is 6. The van der Waals surface area contributed by atoms with E-state index in [1.165, 1.54) is 18.4 Å². The molecule has 0 spiro atoms. The second-order valence-electron chi connectivity index (χ2n) is 5.49. The Kier molecular flexibility index (Phi) is 6.18. The van der Waals surface area contributed by atoms with Crippen LogP contribution in [0.3, 0.4) is 0 Å². The summed E-state index contributed by atoms with van der Waals surface area (Å²) < 4.78 is 0. The van der Waals surface area contributed by atoms with E-state index >= 15 is 0 Å². The molecule has 0 atom stereocenters. The maximum atomic E-state index is 12.0. The first kappa shape index (κ1) is 19.0. The third-order valence-corrected chi connectivity index (χ3v) is 4.93. The number of carbonyl (C=O) groups is 1. The van der Waals surface area contributed by atoms with Crippen molar-refractivity contribution in [2.24, 2.45) is 5.10 Å². The minimum atomic E-state index is -0.336. The highest BCUT2D eigenvalue weighted by Crippen LogP contribution is 2.31. The lowest BCUT2D eigenvalue weighted by atomic mass is 10.1. The molecule has 0 unspecified atom stereocenters. The molecule has 0 aliphatic carbocycles. The topological polar surface area (TPSA) is 66.8 Å². The molecule has 8 heteroatoms. The molecule has 0 aliphatic rings. The summed E-state index contributed by atoms with van der Waals surface area (Å²) in [6, 6.07) is 14.7. The minimum Gasteiger partial charge on any atom is -0.277 e. The predicted octanol–water partition coefficient (Wildman–Crippen LogP) is 4.23. The first-order chi connectivity index (χ1) is 13.1. The van der Waals surface area contributed by atoms with E-state index in [0.717, 1.165) is 11.3 Å². The van der Waals surface area contributed by atoms with Crippen LogP contribution in [0, 0.1) is 0 Å². The fourth-order valence-corrected chi connectivity index (χ4v) is 3.35. The molecule has 1 amide bonds. The molecule has 0 bridgehead atoms. The van der Waals surface area contributed by atoms with Crippen molar-refractivity contribution in [3.63, 3.8) is 0 Å². The van der Waals surface area contributed by atoms with Crippen LogP contribution in [0.1, 0.15) is 15.9 Å². The summed E-state index contributed by atoms with van der Waals surface area (Å²) in [6.07, 6.45) is 1.61. The highest BCUT2D eigenvalue weighted by atomic mass is 35.5. The summed E-state index contributed by atoms with van der Waals surface area (Å²) in [5.74, 6) is -0.336. The van der Waals surface area contributed by atoms with E-state index in [9.17, 15) is 4.79 Å². The number of benzene rings is 2. The van der Waals surface area contributed by atoms with E-state index in [4.69, 9.17) is 11.6 Å². The summed E-state index contributed by atoms with van der Waals surface area (Å²) in [4.78, 5) is 21.3. The van der Waals surface area contributed by atoms with Crippen LogP contribution in [0.25, 0.3) is 11.3 Å². The smallest absolute Gasteiger partial charge is 0.275 e. The molecule has 6 nitrogen and oxygen atoms in total. The zero-order chi connectivity index (χ0) is 19.2. The van der Waals surface area contributed by atoms with Crippen molar-refractivity contribution in [2.75, 3.05) is 19.2 Å². The molecule has 0 saturated carbocycles. The van der Waals surface area contributed by atoms with Gasteiger partial charge in [-0.2, -0.15) is 5.10 Å². The van der Waals surface area contributed by atoms with Gasteiger partial charge in [0.25, 0.3) is 5.91 Å². The fraction of sp³-hybridized carbons (Fsp3) is 0.105. The van der Waals surface area contributed by atoms with Gasteiger partial charge < -0.3 is 0 Å². The first-order valence-corrected chi connectivity index (χ1v) is 9.26. The summed E-state index contributed by atoms with van der Waals surface area (Å²) in [5, 5.41) is 9.34. The van der Waals surface area contributed by atoms with Gasteiger partial charge in [-0.15, -0.1) is 11.3 Å². The van der Waals surface area contributed by atoms with Gasteiger partial charge in [-0.3, -0.25) is 9.63 Å². The van der Waals surface area contributed by atoms with Gasteiger partial charge in [-0.25, -0.2) is 15.5 Å². The molecule has 3 rings (SSSR count). The Morgan fingerprint density at radius 3 is 2.78 bits per heavy atom. The summed E-state index contributed by atoms with van der Waals surface area (Å²) in [7, 11) is 3.19. The number of carbonyl (C=O) groups excluding carboxylic acids is 1. The van der Waals surface area contributed by atoms with Crippen LogP contribution in [0.15, 0.2) is 59.0 Å². The van der Waals surface area contributed by atoms with Crippen LogP contribution >= 0.6 is 22.9 Å². The molecule has 1 aromatic heterocycles. The third-order valence-electron chi connectivity index (χ3n) is 3.69. The van der Waals surface area contributed by atoms with Crippen molar-refractivity contribution in [3.05, 3.63) is 70.1 Å². The largest absolute Gasteiger partial charge is 0.277 e. The lowest BCUT2D eigenvalue weighted by Gasteiger charge is -2.09.